The summed E-state index contributed by atoms with van der Waals surface area (Å²) in [6.07, 6.45) is -0.567. The number of aliphatic hydroxyl groups excluding tert-OH is 1. The summed E-state index contributed by atoms with van der Waals surface area (Å²) in [5, 5.41) is 22.6. The van der Waals surface area contributed by atoms with E-state index in [1.54, 1.807) is 18.2 Å². The average molecular weight is 316 g/mol. The molecule has 0 spiro atoms. The maximum Gasteiger partial charge on any atom is 0.220 e. The van der Waals surface area contributed by atoms with Crippen LogP contribution >= 0.6 is 0 Å². The number of rotatable bonds is 2. The molecule has 5 nitrogen and oxygen atoms in total. The molecule has 1 aromatic rings. The fourth-order valence-electron chi connectivity index (χ4n) is 2.81. The molecule has 1 aromatic carbocycles. The van der Waals surface area contributed by atoms with Crippen LogP contribution in [0.5, 0.6) is 5.75 Å². The van der Waals surface area contributed by atoms with E-state index in [4.69, 9.17) is 10.00 Å². The lowest BCUT2D eigenvalue weighted by Crippen LogP contribution is -2.58. The number of aliphatic hydroxyl groups is 1. The van der Waals surface area contributed by atoms with Gasteiger partial charge in [-0.3, -0.25) is 4.79 Å². The molecule has 0 fully saturated rings. The smallest absolute Gasteiger partial charge is 0.220 e. The maximum atomic E-state index is 12.3. The van der Waals surface area contributed by atoms with Crippen LogP contribution in [0.3, 0.4) is 0 Å². The van der Waals surface area contributed by atoms with Crippen LogP contribution in [0.1, 0.15) is 58.3 Å². The van der Waals surface area contributed by atoms with Crippen LogP contribution in [-0.4, -0.2) is 22.7 Å². The molecule has 0 bridgehead atoms. The highest BCUT2D eigenvalue weighted by atomic mass is 16.5. The summed E-state index contributed by atoms with van der Waals surface area (Å²) < 4.78 is 5.95. The van der Waals surface area contributed by atoms with Gasteiger partial charge in [0.15, 0.2) is 0 Å². The lowest BCUT2D eigenvalue weighted by Gasteiger charge is -2.43. The fourth-order valence-corrected chi connectivity index (χ4v) is 2.81. The Balaban J connectivity index is 2.29. The molecule has 0 aliphatic carbocycles. The van der Waals surface area contributed by atoms with Gasteiger partial charge in [-0.25, -0.2) is 0 Å². The molecule has 0 aromatic heterocycles. The van der Waals surface area contributed by atoms with Gasteiger partial charge in [-0.2, -0.15) is 5.26 Å². The SMILES string of the molecule is CC(C)(C)CC(=O)N[C@@H]1C(O)c2cc(C#N)ccc2OC1(C)C. The fraction of sp³-hybridized carbons (Fsp3) is 0.556. The second-order valence-corrected chi connectivity index (χ2v) is 7.80. The van der Waals surface area contributed by atoms with Gasteiger partial charge < -0.3 is 15.2 Å². The molecule has 2 rings (SSSR count). The summed E-state index contributed by atoms with van der Waals surface area (Å²) in [4.78, 5) is 12.3. The Morgan fingerprint density at radius 2 is 2.09 bits per heavy atom. The molecule has 124 valence electrons. The number of fused-ring (bicyclic) bond motifs is 1. The molecule has 2 N–H and O–H groups in total. The van der Waals surface area contributed by atoms with Crippen molar-refractivity contribution in [3.63, 3.8) is 0 Å². The van der Waals surface area contributed by atoms with E-state index >= 15 is 0 Å². The van der Waals surface area contributed by atoms with Crippen LogP contribution in [0.15, 0.2) is 18.2 Å². The number of carbonyl (C=O) groups is 1. The number of nitriles is 1. The zero-order chi connectivity index (χ0) is 17.4. The maximum absolute atomic E-state index is 12.3. The molecule has 1 aliphatic heterocycles. The Kier molecular flexibility index (Phi) is 4.41. The lowest BCUT2D eigenvalue weighted by atomic mass is 9.84. The number of hydrogen-bond donors (Lipinski definition) is 2. The first-order chi connectivity index (χ1) is 10.5. The highest BCUT2D eigenvalue weighted by Gasteiger charge is 2.44. The molecular weight excluding hydrogens is 292 g/mol. The minimum Gasteiger partial charge on any atom is -0.485 e. The lowest BCUT2D eigenvalue weighted by molar-refractivity contribution is -0.128. The van der Waals surface area contributed by atoms with Gasteiger partial charge in [0.2, 0.25) is 5.91 Å². The summed E-state index contributed by atoms with van der Waals surface area (Å²) >= 11 is 0. The third-order valence-corrected chi connectivity index (χ3v) is 3.90. The van der Waals surface area contributed by atoms with E-state index in [1.165, 1.54) is 0 Å². The van der Waals surface area contributed by atoms with E-state index in [-0.39, 0.29) is 11.3 Å². The van der Waals surface area contributed by atoms with Gasteiger partial charge in [0, 0.05) is 12.0 Å². The van der Waals surface area contributed by atoms with Crippen LogP contribution in [0, 0.1) is 16.7 Å². The average Bonchev–Trinajstić information content (AvgIpc) is 2.41. The van der Waals surface area contributed by atoms with E-state index in [0.29, 0.717) is 23.3 Å². The monoisotopic (exact) mass is 316 g/mol. The molecule has 1 heterocycles. The Morgan fingerprint density at radius 3 is 2.65 bits per heavy atom. The van der Waals surface area contributed by atoms with Gasteiger partial charge in [-0.1, -0.05) is 20.8 Å². The number of amides is 1. The Hall–Kier alpha value is -2.06. The summed E-state index contributed by atoms with van der Waals surface area (Å²) in [5.41, 5.74) is 0.0876. The molecule has 1 unspecified atom stereocenters. The Bertz CT molecular complexity index is 653. The minimum atomic E-state index is -0.925. The summed E-state index contributed by atoms with van der Waals surface area (Å²) in [5.74, 6) is 0.418. The molecule has 0 saturated heterocycles. The van der Waals surface area contributed by atoms with Crippen molar-refractivity contribution in [2.75, 3.05) is 0 Å². The number of nitrogens with zero attached hydrogens (tertiary/aromatic N) is 1. The number of benzene rings is 1. The van der Waals surface area contributed by atoms with Gasteiger partial charge >= 0.3 is 0 Å². The molecular formula is C18H24N2O3. The molecule has 23 heavy (non-hydrogen) atoms. The Labute approximate surface area is 137 Å². The normalized spacial score (nSPS) is 22.5. The van der Waals surface area contributed by atoms with Gasteiger partial charge in [0.1, 0.15) is 17.5 Å². The Morgan fingerprint density at radius 1 is 1.43 bits per heavy atom. The number of hydrogen-bond acceptors (Lipinski definition) is 4. The molecule has 1 amide bonds. The predicted octanol–water partition coefficient (Wildman–Crippen LogP) is 2.68. The van der Waals surface area contributed by atoms with Crippen LogP contribution in [0.2, 0.25) is 0 Å². The zero-order valence-corrected chi connectivity index (χ0v) is 14.3. The molecule has 0 radical (unpaired) electrons. The van der Waals surface area contributed by atoms with Crippen LogP contribution in [0.4, 0.5) is 0 Å². The summed E-state index contributed by atoms with van der Waals surface area (Å²) in [7, 11) is 0. The van der Waals surface area contributed by atoms with Crippen LogP contribution in [0.25, 0.3) is 0 Å². The number of nitrogens with one attached hydrogen (secondary N) is 1. The van der Waals surface area contributed by atoms with Crippen molar-refractivity contribution in [1.29, 1.82) is 5.26 Å². The van der Waals surface area contributed by atoms with Crippen molar-refractivity contribution >= 4 is 5.91 Å². The first-order valence-electron chi connectivity index (χ1n) is 7.74. The van der Waals surface area contributed by atoms with E-state index in [9.17, 15) is 9.90 Å². The third kappa shape index (κ3) is 3.83. The summed E-state index contributed by atoms with van der Waals surface area (Å²) in [6, 6.07) is 6.42. The van der Waals surface area contributed by atoms with Crippen molar-refractivity contribution in [2.45, 2.75) is 58.8 Å². The second kappa shape index (κ2) is 5.86. The summed E-state index contributed by atoms with van der Waals surface area (Å²) in [6.45, 7) is 9.62. The van der Waals surface area contributed by atoms with Crippen molar-refractivity contribution in [1.82, 2.24) is 5.32 Å². The second-order valence-electron chi connectivity index (χ2n) is 7.80. The quantitative estimate of drug-likeness (QED) is 0.879. The predicted molar refractivity (Wildman–Crippen MR) is 86.8 cm³/mol. The minimum absolute atomic E-state index is 0.127. The van der Waals surface area contributed by atoms with Gasteiger partial charge in [0.05, 0.1) is 17.7 Å². The van der Waals surface area contributed by atoms with Crippen molar-refractivity contribution in [3.8, 4) is 11.8 Å². The van der Waals surface area contributed by atoms with Crippen LogP contribution in [-0.2, 0) is 4.79 Å². The van der Waals surface area contributed by atoms with Crippen molar-refractivity contribution in [2.24, 2.45) is 5.41 Å². The highest BCUT2D eigenvalue weighted by molar-refractivity contribution is 5.77. The van der Waals surface area contributed by atoms with E-state index in [1.807, 2.05) is 34.6 Å². The standard InChI is InChI=1S/C18H24N2O3/c1-17(2,3)9-14(21)20-16-15(22)12-8-11(10-19)6-7-13(12)23-18(16,4)5/h6-8,15-16,22H,9H2,1-5H3,(H,20,21)/t15?,16-/m1/s1. The van der Waals surface area contributed by atoms with Gasteiger partial charge in [-0.15, -0.1) is 0 Å². The number of ether oxygens (including phenoxy) is 1. The highest BCUT2D eigenvalue weighted by Crippen LogP contribution is 2.40. The molecule has 1 aliphatic rings. The van der Waals surface area contributed by atoms with Crippen molar-refractivity contribution in [3.05, 3.63) is 29.3 Å². The van der Waals surface area contributed by atoms with E-state index < -0.39 is 17.7 Å². The largest absolute Gasteiger partial charge is 0.485 e. The molecule has 0 saturated carbocycles. The van der Waals surface area contributed by atoms with E-state index in [2.05, 4.69) is 11.4 Å². The van der Waals surface area contributed by atoms with Gasteiger partial charge in [-0.05, 0) is 37.5 Å². The topological polar surface area (TPSA) is 82.4 Å². The zero-order valence-electron chi connectivity index (χ0n) is 14.3. The van der Waals surface area contributed by atoms with E-state index in [0.717, 1.165) is 0 Å². The van der Waals surface area contributed by atoms with Gasteiger partial charge in [0.25, 0.3) is 0 Å². The first-order valence-corrected chi connectivity index (χ1v) is 7.74. The third-order valence-electron chi connectivity index (χ3n) is 3.90. The molecule has 5 heteroatoms. The number of carbonyl (C=O) groups excluding carboxylic acids is 1. The first kappa shape index (κ1) is 17.3. The van der Waals surface area contributed by atoms with Crippen molar-refractivity contribution < 1.29 is 14.6 Å². The van der Waals surface area contributed by atoms with Crippen LogP contribution < -0.4 is 10.1 Å². The molecule has 2 atom stereocenters.